The lowest BCUT2D eigenvalue weighted by Crippen LogP contribution is -2.11. The van der Waals surface area contributed by atoms with Crippen LogP contribution in [0.3, 0.4) is 0 Å². The molecule has 0 aliphatic rings. The molecule has 0 N–H and O–H groups in total. The zero-order chi connectivity index (χ0) is 27.9. The molecule has 0 aliphatic heterocycles. The molecular weight excluding hydrogens is 508 g/mol. The summed E-state index contributed by atoms with van der Waals surface area (Å²) in [6, 6.07) is 60.8. The molecule has 0 fully saturated rings. The number of hydrogen-bond donors (Lipinski definition) is 0. The van der Waals surface area contributed by atoms with Crippen LogP contribution < -0.4 is 9.80 Å². The maximum Gasteiger partial charge on any atom is 0.0546 e. The van der Waals surface area contributed by atoms with Gasteiger partial charge < -0.3 is 9.80 Å². The molecule has 0 saturated heterocycles. The zero-order valence-corrected chi connectivity index (χ0v) is 23.1. The van der Waals surface area contributed by atoms with Crippen LogP contribution in [0.25, 0.3) is 32.3 Å². The summed E-state index contributed by atoms with van der Waals surface area (Å²) < 4.78 is 0. The van der Waals surface area contributed by atoms with Crippen LogP contribution >= 0.6 is 0 Å². The molecule has 0 heterocycles. The minimum atomic E-state index is 1.14. The van der Waals surface area contributed by atoms with Crippen LogP contribution in [0.1, 0.15) is 0 Å². The molecule has 8 aromatic rings. The summed E-state index contributed by atoms with van der Waals surface area (Å²) in [7, 11) is 0. The molecule has 0 aliphatic carbocycles. The van der Waals surface area contributed by atoms with Gasteiger partial charge in [0.05, 0.1) is 11.4 Å². The van der Waals surface area contributed by atoms with E-state index in [0.717, 1.165) is 22.7 Å². The van der Waals surface area contributed by atoms with Crippen molar-refractivity contribution < 1.29 is 0 Å². The van der Waals surface area contributed by atoms with Crippen molar-refractivity contribution in [2.24, 2.45) is 0 Å². The standard InChI is InChI=1S/C40H28N2/c1-5-15-31(16-6-1)41(32-17-7-2-8-18-32)37-27-25-30-28-38(35-23-13-14-29-24-26-36(37)40(30)39(29)35)42(33-19-9-3-10-20-33)34-21-11-4-12-22-34/h1-28H. The van der Waals surface area contributed by atoms with Crippen molar-refractivity contribution in [3.8, 4) is 0 Å². The summed E-state index contributed by atoms with van der Waals surface area (Å²) in [6.45, 7) is 0. The number of nitrogens with zero attached hydrogens (tertiary/aromatic N) is 2. The molecule has 0 atom stereocenters. The highest BCUT2D eigenvalue weighted by Gasteiger charge is 2.22. The van der Waals surface area contributed by atoms with Gasteiger partial charge in [-0.1, -0.05) is 109 Å². The van der Waals surface area contributed by atoms with E-state index in [1.807, 2.05) is 0 Å². The van der Waals surface area contributed by atoms with Gasteiger partial charge in [0, 0.05) is 33.5 Å². The Bertz CT molecular complexity index is 2040. The second-order valence-corrected chi connectivity index (χ2v) is 10.6. The van der Waals surface area contributed by atoms with Crippen LogP contribution in [0.5, 0.6) is 0 Å². The maximum absolute atomic E-state index is 2.38. The Morgan fingerprint density at radius 1 is 0.286 bits per heavy atom. The Balaban J connectivity index is 1.43. The highest BCUT2D eigenvalue weighted by Crippen LogP contribution is 2.48. The topological polar surface area (TPSA) is 6.48 Å². The Kier molecular flexibility index (Phi) is 5.82. The Hall–Kier alpha value is -5.60. The molecule has 42 heavy (non-hydrogen) atoms. The molecule has 198 valence electrons. The number of anilines is 6. The third-order valence-corrected chi connectivity index (χ3v) is 8.14. The van der Waals surface area contributed by atoms with Crippen LogP contribution in [0, 0.1) is 0 Å². The van der Waals surface area contributed by atoms with Gasteiger partial charge in [-0.05, 0) is 82.2 Å². The van der Waals surface area contributed by atoms with Gasteiger partial charge in [0.1, 0.15) is 0 Å². The maximum atomic E-state index is 2.38. The van der Waals surface area contributed by atoms with E-state index in [1.165, 1.54) is 43.7 Å². The first-order valence-corrected chi connectivity index (χ1v) is 14.4. The van der Waals surface area contributed by atoms with E-state index in [9.17, 15) is 0 Å². The van der Waals surface area contributed by atoms with E-state index in [4.69, 9.17) is 0 Å². The Morgan fingerprint density at radius 2 is 0.714 bits per heavy atom. The van der Waals surface area contributed by atoms with Crippen molar-refractivity contribution in [2.45, 2.75) is 0 Å². The number of hydrogen-bond acceptors (Lipinski definition) is 2. The van der Waals surface area contributed by atoms with Crippen molar-refractivity contribution in [3.63, 3.8) is 0 Å². The SMILES string of the molecule is c1ccc(N(c2ccccc2)c2cc3ccc(N(c4ccccc4)c4ccccc4)c4ccc5cccc2c5c34)cc1. The molecule has 2 nitrogen and oxygen atoms in total. The molecule has 0 unspecified atom stereocenters. The van der Waals surface area contributed by atoms with Crippen LogP contribution in [-0.2, 0) is 0 Å². The summed E-state index contributed by atoms with van der Waals surface area (Å²) in [4.78, 5) is 4.75. The van der Waals surface area contributed by atoms with E-state index in [2.05, 4.69) is 180 Å². The first kappa shape index (κ1) is 24.2. The summed E-state index contributed by atoms with van der Waals surface area (Å²) >= 11 is 0. The zero-order valence-electron chi connectivity index (χ0n) is 23.1. The molecule has 0 radical (unpaired) electrons. The first-order chi connectivity index (χ1) is 20.9. The number of benzene rings is 8. The van der Waals surface area contributed by atoms with Gasteiger partial charge >= 0.3 is 0 Å². The average Bonchev–Trinajstić information content (AvgIpc) is 3.07. The highest BCUT2D eigenvalue weighted by atomic mass is 15.1. The monoisotopic (exact) mass is 536 g/mol. The molecule has 8 rings (SSSR count). The van der Waals surface area contributed by atoms with E-state index < -0.39 is 0 Å². The molecule has 0 amide bonds. The van der Waals surface area contributed by atoms with Gasteiger partial charge in [-0.15, -0.1) is 0 Å². The van der Waals surface area contributed by atoms with Gasteiger partial charge in [-0.25, -0.2) is 0 Å². The molecule has 2 heteroatoms. The van der Waals surface area contributed by atoms with Gasteiger partial charge in [0.25, 0.3) is 0 Å². The van der Waals surface area contributed by atoms with Gasteiger partial charge in [0.2, 0.25) is 0 Å². The average molecular weight is 537 g/mol. The van der Waals surface area contributed by atoms with Crippen LogP contribution in [0.4, 0.5) is 34.1 Å². The fraction of sp³-hybridized carbons (Fsp3) is 0. The smallest absolute Gasteiger partial charge is 0.0546 e. The lowest BCUT2D eigenvalue weighted by atomic mass is 9.91. The second kappa shape index (κ2) is 10.1. The quantitative estimate of drug-likeness (QED) is 0.195. The lowest BCUT2D eigenvalue weighted by molar-refractivity contribution is 1.30. The molecule has 0 bridgehead atoms. The summed E-state index contributed by atoms with van der Waals surface area (Å²) in [5, 5.41) is 7.54. The van der Waals surface area contributed by atoms with E-state index in [1.54, 1.807) is 0 Å². The predicted molar refractivity (Wildman–Crippen MR) is 180 cm³/mol. The molecule has 0 saturated carbocycles. The summed E-state index contributed by atoms with van der Waals surface area (Å²) in [5.41, 5.74) is 6.89. The van der Waals surface area contributed by atoms with Crippen LogP contribution in [0.2, 0.25) is 0 Å². The van der Waals surface area contributed by atoms with Crippen LogP contribution in [-0.4, -0.2) is 0 Å². The molecule has 0 aromatic heterocycles. The normalized spacial score (nSPS) is 11.3. The van der Waals surface area contributed by atoms with Crippen molar-refractivity contribution >= 4 is 66.4 Å². The van der Waals surface area contributed by atoms with Gasteiger partial charge in [0.15, 0.2) is 0 Å². The Labute approximate surface area is 245 Å². The largest absolute Gasteiger partial charge is 0.310 e. The predicted octanol–water partition coefficient (Wildman–Crippen LogP) is 11.5. The fourth-order valence-electron chi connectivity index (χ4n) is 6.34. The van der Waals surface area contributed by atoms with Crippen molar-refractivity contribution in [2.75, 3.05) is 9.80 Å². The highest BCUT2D eigenvalue weighted by molar-refractivity contribution is 6.28. The summed E-state index contributed by atoms with van der Waals surface area (Å²) in [5.74, 6) is 0. The number of rotatable bonds is 6. The van der Waals surface area contributed by atoms with E-state index in [0.29, 0.717) is 0 Å². The minimum absolute atomic E-state index is 1.14. The van der Waals surface area contributed by atoms with Gasteiger partial charge in [-0.2, -0.15) is 0 Å². The second-order valence-electron chi connectivity index (χ2n) is 10.6. The Morgan fingerprint density at radius 3 is 1.24 bits per heavy atom. The van der Waals surface area contributed by atoms with E-state index in [-0.39, 0.29) is 0 Å². The van der Waals surface area contributed by atoms with Crippen molar-refractivity contribution in [1.29, 1.82) is 0 Å². The third kappa shape index (κ3) is 3.96. The first-order valence-electron chi connectivity index (χ1n) is 14.4. The minimum Gasteiger partial charge on any atom is -0.310 e. The van der Waals surface area contributed by atoms with Crippen molar-refractivity contribution in [1.82, 2.24) is 0 Å². The van der Waals surface area contributed by atoms with E-state index >= 15 is 0 Å². The van der Waals surface area contributed by atoms with Crippen molar-refractivity contribution in [3.05, 3.63) is 170 Å². The lowest BCUT2D eigenvalue weighted by Gasteiger charge is -2.30. The summed E-state index contributed by atoms with van der Waals surface area (Å²) in [6.07, 6.45) is 0. The molecule has 8 aromatic carbocycles. The molecule has 0 spiro atoms. The fourth-order valence-corrected chi connectivity index (χ4v) is 6.34. The van der Waals surface area contributed by atoms with Gasteiger partial charge in [-0.3, -0.25) is 0 Å². The molecular formula is C40H28N2. The number of para-hydroxylation sites is 4. The third-order valence-electron chi connectivity index (χ3n) is 8.14. The van der Waals surface area contributed by atoms with Crippen LogP contribution in [0.15, 0.2) is 170 Å².